The maximum atomic E-state index is 14.9. The van der Waals surface area contributed by atoms with E-state index in [9.17, 15) is 14.4 Å². The Kier molecular flexibility index (Phi) is 7.77. The van der Waals surface area contributed by atoms with Gasteiger partial charge >= 0.3 is 11.9 Å². The molecule has 3 aliphatic heterocycles. The molecule has 0 aromatic carbocycles. The van der Waals surface area contributed by atoms with Crippen LogP contribution in [0.1, 0.15) is 23.5 Å². The first-order valence-electron chi connectivity index (χ1n) is 13.2. The smallest absolute Gasteiger partial charge is 0.322 e. The molecule has 3 saturated heterocycles. The molecule has 2 aromatic heterocycles. The number of likely N-dealkylation sites (tertiary alicyclic amines) is 2. The number of nitrogens with zero attached hydrogens (tertiary/aromatic N) is 5. The molecule has 208 valence electrons. The van der Waals surface area contributed by atoms with Crippen molar-refractivity contribution in [3.63, 3.8) is 0 Å². The molecule has 39 heavy (non-hydrogen) atoms. The molecule has 0 spiro atoms. The number of piperidine rings is 2. The highest BCUT2D eigenvalue weighted by Crippen LogP contribution is 2.60. The fourth-order valence-electron chi connectivity index (χ4n) is 6.73. The zero-order valence-electron chi connectivity index (χ0n) is 22.6. The Bertz CT molecular complexity index is 1110. The van der Waals surface area contributed by atoms with E-state index >= 15 is 0 Å². The lowest BCUT2D eigenvalue weighted by Crippen LogP contribution is -2.75. The second kappa shape index (κ2) is 11.1. The Hall–Kier alpha value is -3.25. The van der Waals surface area contributed by atoms with E-state index in [0.717, 1.165) is 13.1 Å². The summed E-state index contributed by atoms with van der Waals surface area (Å²) in [6.07, 6.45) is 3.27. The Morgan fingerprint density at radius 2 is 1.36 bits per heavy atom. The Balaban J connectivity index is 1.70. The molecule has 11 nitrogen and oxygen atoms in total. The topological polar surface area (TPSA) is 114 Å². The first kappa shape index (κ1) is 27.3. The lowest BCUT2D eigenvalue weighted by atomic mass is 9.54. The fraction of sp³-hybridized carbons (Fsp3) is 0.536. The third-order valence-electron chi connectivity index (χ3n) is 8.38. The highest BCUT2D eigenvalue weighted by molar-refractivity contribution is 6.17. The number of carbonyl (C=O) groups excluding carboxylic acids is 3. The van der Waals surface area contributed by atoms with Gasteiger partial charge in [-0.05, 0) is 31.3 Å². The molecule has 3 fully saturated rings. The number of pyridine rings is 2. The number of Topliss-reactive ketones (excluding diaryl/α,β-unsaturated/α-hetero) is 1. The summed E-state index contributed by atoms with van der Waals surface area (Å²) in [6.45, 7) is 4.32. The predicted molar refractivity (Wildman–Crippen MR) is 139 cm³/mol. The third kappa shape index (κ3) is 4.43. The second-order valence-corrected chi connectivity index (χ2v) is 10.4. The van der Waals surface area contributed by atoms with Crippen molar-refractivity contribution in [2.75, 3.05) is 73.7 Å². The zero-order chi connectivity index (χ0) is 27.6. The first-order chi connectivity index (χ1) is 18.9. The van der Waals surface area contributed by atoms with E-state index in [1.165, 1.54) is 14.2 Å². The first-order valence-corrected chi connectivity index (χ1v) is 13.2. The number of hydrogen-bond donors (Lipinski definition) is 0. The molecule has 0 unspecified atom stereocenters. The Labute approximate surface area is 228 Å². The monoisotopic (exact) mass is 537 g/mol. The van der Waals surface area contributed by atoms with Crippen LogP contribution in [0.25, 0.3) is 0 Å². The number of rotatable bonds is 7. The summed E-state index contributed by atoms with van der Waals surface area (Å²) in [6, 6.07) is 9.18. The maximum Gasteiger partial charge on any atom is 0.322 e. The minimum Gasteiger partial charge on any atom is -0.468 e. The number of morpholine rings is 1. The lowest BCUT2D eigenvalue weighted by molar-refractivity contribution is -0.204. The van der Waals surface area contributed by atoms with E-state index in [-0.39, 0.29) is 13.1 Å². The van der Waals surface area contributed by atoms with Gasteiger partial charge in [0.05, 0.1) is 50.9 Å². The number of esters is 2. The molecule has 5 heterocycles. The van der Waals surface area contributed by atoms with Gasteiger partial charge in [0.25, 0.3) is 0 Å². The van der Waals surface area contributed by atoms with E-state index in [2.05, 4.69) is 14.9 Å². The number of carbonyl (C=O) groups is 3. The van der Waals surface area contributed by atoms with Crippen LogP contribution in [0.4, 0.5) is 0 Å². The molecule has 0 amide bonds. The van der Waals surface area contributed by atoms with Gasteiger partial charge in [0, 0.05) is 51.7 Å². The van der Waals surface area contributed by atoms with E-state index < -0.39 is 40.6 Å². The third-order valence-corrected chi connectivity index (χ3v) is 8.38. The van der Waals surface area contributed by atoms with Gasteiger partial charge in [-0.2, -0.15) is 0 Å². The lowest BCUT2D eigenvalue weighted by Gasteiger charge is -2.60. The molecule has 5 rings (SSSR count). The SMILES string of the molecule is COC(=O)[C@]12CN(CCN3CCOCC3)C[C@](C(=O)OC)(C1=O)[C@@H](c1ccccn1)N(C)[C@H]2c1ccccn1. The molecule has 2 aromatic rings. The molecule has 2 bridgehead atoms. The van der Waals surface area contributed by atoms with Crippen molar-refractivity contribution in [1.29, 1.82) is 0 Å². The summed E-state index contributed by atoms with van der Waals surface area (Å²) in [5.74, 6) is -1.90. The van der Waals surface area contributed by atoms with Crippen LogP contribution < -0.4 is 0 Å². The van der Waals surface area contributed by atoms with Crippen LogP contribution in [-0.4, -0.2) is 116 Å². The normalized spacial score (nSPS) is 30.1. The molecule has 0 saturated carbocycles. The molecule has 4 atom stereocenters. The van der Waals surface area contributed by atoms with Crippen molar-refractivity contribution in [3.8, 4) is 0 Å². The molecular formula is C28H35N5O6. The maximum absolute atomic E-state index is 14.9. The van der Waals surface area contributed by atoms with Crippen molar-refractivity contribution in [2.24, 2.45) is 10.8 Å². The highest BCUT2D eigenvalue weighted by Gasteiger charge is 2.75. The van der Waals surface area contributed by atoms with Crippen LogP contribution in [-0.2, 0) is 28.6 Å². The number of aromatic nitrogens is 2. The minimum absolute atomic E-state index is 0.0854. The number of hydrogen-bond acceptors (Lipinski definition) is 11. The minimum atomic E-state index is -1.72. The summed E-state index contributed by atoms with van der Waals surface area (Å²) in [7, 11) is 4.36. The standard InChI is InChI=1S/C28H35N5O6/c1-31-22(20-8-4-6-10-29-20)27(25(35)37-2)18-33(13-12-32-14-16-39-17-15-32)19-28(24(27)34,26(36)38-3)23(31)21-9-5-7-11-30-21/h4-11,22-23H,12-19H2,1-3H3/t22-,23+,27-,28+. The zero-order valence-corrected chi connectivity index (χ0v) is 22.6. The summed E-state index contributed by atoms with van der Waals surface area (Å²) >= 11 is 0. The highest BCUT2D eigenvalue weighted by atomic mass is 16.5. The summed E-state index contributed by atoms with van der Waals surface area (Å²) in [5, 5.41) is 0. The summed E-state index contributed by atoms with van der Waals surface area (Å²) in [4.78, 5) is 58.0. The average molecular weight is 538 g/mol. The number of fused-ring (bicyclic) bond motifs is 2. The Morgan fingerprint density at radius 3 is 1.79 bits per heavy atom. The van der Waals surface area contributed by atoms with Gasteiger partial charge in [-0.15, -0.1) is 0 Å². The van der Waals surface area contributed by atoms with Crippen LogP contribution in [0.2, 0.25) is 0 Å². The summed E-state index contributed by atoms with van der Waals surface area (Å²) in [5.41, 5.74) is -2.37. The van der Waals surface area contributed by atoms with Gasteiger partial charge in [-0.25, -0.2) is 0 Å². The van der Waals surface area contributed by atoms with Crippen LogP contribution in [0, 0.1) is 10.8 Å². The van der Waals surface area contributed by atoms with Crippen molar-refractivity contribution in [3.05, 3.63) is 60.2 Å². The number of methoxy groups -OCH3 is 2. The molecule has 3 aliphatic rings. The van der Waals surface area contributed by atoms with E-state index in [0.29, 0.717) is 37.7 Å². The fourth-order valence-corrected chi connectivity index (χ4v) is 6.73. The van der Waals surface area contributed by atoms with Crippen molar-refractivity contribution >= 4 is 17.7 Å². The van der Waals surface area contributed by atoms with Gasteiger partial charge in [-0.3, -0.25) is 39.1 Å². The van der Waals surface area contributed by atoms with Crippen molar-refractivity contribution in [1.82, 2.24) is 24.7 Å². The predicted octanol–water partition coefficient (Wildman–Crippen LogP) is 0.740. The van der Waals surface area contributed by atoms with Crippen molar-refractivity contribution < 1.29 is 28.6 Å². The van der Waals surface area contributed by atoms with E-state index in [4.69, 9.17) is 14.2 Å². The Morgan fingerprint density at radius 1 is 0.872 bits per heavy atom. The van der Waals surface area contributed by atoms with Crippen molar-refractivity contribution in [2.45, 2.75) is 12.1 Å². The van der Waals surface area contributed by atoms with E-state index in [1.54, 1.807) is 36.7 Å². The average Bonchev–Trinajstić information content (AvgIpc) is 2.98. The van der Waals surface area contributed by atoms with Crippen LogP contribution in [0.3, 0.4) is 0 Å². The van der Waals surface area contributed by atoms with Gasteiger partial charge in [0.1, 0.15) is 0 Å². The largest absolute Gasteiger partial charge is 0.468 e. The van der Waals surface area contributed by atoms with Gasteiger partial charge in [0.15, 0.2) is 16.6 Å². The van der Waals surface area contributed by atoms with E-state index in [1.807, 2.05) is 29.0 Å². The van der Waals surface area contributed by atoms with Crippen LogP contribution in [0.5, 0.6) is 0 Å². The molecular weight excluding hydrogens is 502 g/mol. The number of ether oxygens (including phenoxy) is 3. The quantitative estimate of drug-likeness (QED) is 0.368. The molecule has 11 heteroatoms. The second-order valence-electron chi connectivity index (χ2n) is 10.4. The van der Waals surface area contributed by atoms with Gasteiger partial charge in [0.2, 0.25) is 0 Å². The molecule has 0 aliphatic carbocycles. The molecule has 0 N–H and O–H groups in total. The molecule has 0 radical (unpaired) electrons. The number of ketones is 1. The summed E-state index contributed by atoms with van der Waals surface area (Å²) < 4.78 is 16.2. The van der Waals surface area contributed by atoms with Crippen LogP contribution >= 0.6 is 0 Å². The van der Waals surface area contributed by atoms with Gasteiger partial charge < -0.3 is 14.2 Å². The van der Waals surface area contributed by atoms with Crippen LogP contribution in [0.15, 0.2) is 48.8 Å². The van der Waals surface area contributed by atoms with Gasteiger partial charge in [-0.1, -0.05) is 12.1 Å².